The number of hydrazone groups is 1. The van der Waals surface area contributed by atoms with E-state index in [1.165, 1.54) is 0 Å². The predicted octanol–water partition coefficient (Wildman–Crippen LogP) is 4.24. The zero-order chi connectivity index (χ0) is 17.0. The van der Waals surface area contributed by atoms with Gasteiger partial charge in [-0.05, 0) is 43.7 Å². The second-order valence-electron chi connectivity index (χ2n) is 4.74. The lowest BCUT2D eigenvalue weighted by atomic mass is 10.2. The third-order valence-electron chi connectivity index (χ3n) is 3.16. The molecule has 0 aliphatic heterocycles. The molecular weight excluding hydrogens is 380 g/mol. The van der Waals surface area contributed by atoms with Gasteiger partial charge in [-0.2, -0.15) is 10.4 Å². The molecule has 2 rings (SSSR count). The van der Waals surface area contributed by atoms with Crippen molar-refractivity contribution in [2.45, 2.75) is 13.8 Å². The molecule has 1 aromatic carbocycles. The summed E-state index contributed by atoms with van der Waals surface area (Å²) >= 11 is 9.39. The van der Waals surface area contributed by atoms with Gasteiger partial charge in [-0.25, -0.2) is 9.99 Å². The zero-order valence-electron chi connectivity index (χ0n) is 12.6. The molecule has 0 saturated carbocycles. The number of aromatic nitrogens is 1. The molecule has 0 unspecified atom stereocenters. The van der Waals surface area contributed by atoms with E-state index in [9.17, 15) is 5.11 Å². The van der Waals surface area contributed by atoms with Crippen LogP contribution in [0.1, 0.15) is 23.6 Å². The summed E-state index contributed by atoms with van der Waals surface area (Å²) in [6.45, 7) is 4.27. The van der Waals surface area contributed by atoms with Crippen LogP contribution < -0.4 is 5.01 Å². The van der Waals surface area contributed by atoms with Gasteiger partial charge in [-0.3, -0.25) is 0 Å². The number of halogens is 2. The number of aromatic hydroxyl groups is 1. The number of rotatable bonds is 4. The van der Waals surface area contributed by atoms with E-state index in [0.717, 1.165) is 10.0 Å². The van der Waals surface area contributed by atoms with Crippen LogP contribution in [-0.2, 0) is 0 Å². The minimum Gasteiger partial charge on any atom is -0.507 e. The maximum Gasteiger partial charge on any atom is 0.150 e. The molecule has 0 bridgehead atoms. The summed E-state index contributed by atoms with van der Waals surface area (Å²) in [6.07, 6.45) is 1.55. The van der Waals surface area contributed by atoms with Crippen molar-refractivity contribution in [3.8, 4) is 11.8 Å². The second-order valence-corrected chi connectivity index (χ2v) is 6.01. The van der Waals surface area contributed by atoms with Gasteiger partial charge < -0.3 is 5.11 Å². The zero-order valence-corrected chi connectivity index (χ0v) is 14.9. The molecule has 0 spiro atoms. The fraction of sp³-hybridized carbons (Fsp3) is 0.188. The average molecular weight is 394 g/mol. The summed E-state index contributed by atoms with van der Waals surface area (Å²) in [5.74, 6) is 0.676. The Labute approximate surface area is 148 Å². The first-order valence-corrected chi connectivity index (χ1v) is 8.00. The second kappa shape index (κ2) is 7.44. The molecule has 0 amide bonds. The molecule has 118 valence electrons. The highest BCUT2D eigenvalue weighted by Gasteiger charge is 2.11. The summed E-state index contributed by atoms with van der Waals surface area (Å²) < 4.78 is 0.843. The van der Waals surface area contributed by atoms with Gasteiger partial charge in [0.25, 0.3) is 0 Å². The third-order valence-corrected chi connectivity index (χ3v) is 3.93. The van der Waals surface area contributed by atoms with Crippen LogP contribution in [0.25, 0.3) is 0 Å². The van der Waals surface area contributed by atoms with Gasteiger partial charge in [0, 0.05) is 16.6 Å². The number of hydrogen-bond donors (Lipinski definition) is 1. The van der Waals surface area contributed by atoms with Gasteiger partial charge in [0.15, 0.2) is 5.82 Å². The number of benzene rings is 1. The SMILES string of the molecule is CCN(/N=C\c1cc(Br)ccc1O)c1cc(C)c(C#N)c(Cl)n1. The molecule has 0 fully saturated rings. The molecule has 7 heteroatoms. The number of pyridine rings is 1. The molecule has 1 aromatic heterocycles. The van der Waals surface area contributed by atoms with E-state index in [0.29, 0.717) is 23.5 Å². The van der Waals surface area contributed by atoms with E-state index in [1.807, 2.05) is 13.0 Å². The molecule has 2 aromatic rings. The van der Waals surface area contributed by atoms with Crippen LogP contribution in [0.5, 0.6) is 5.75 Å². The van der Waals surface area contributed by atoms with Crippen molar-refractivity contribution < 1.29 is 5.11 Å². The number of anilines is 1. The van der Waals surface area contributed by atoms with Crippen molar-refractivity contribution in [2.24, 2.45) is 5.10 Å². The van der Waals surface area contributed by atoms with Gasteiger partial charge in [0.05, 0.1) is 11.8 Å². The third kappa shape index (κ3) is 4.01. The van der Waals surface area contributed by atoms with Crippen molar-refractivity contribution in [1.82, 2.24) is 4.98 Å². The van der Waals surface area contributed by atoms with Gasteiger partial charge in [-0.15, -0.1) is 0 Å². The summed E-state index contributed by atoms with van der Waals surface area (Å²) in [6, 6.07) is 8.88. The number of hydrogen-bond acceptors (Lipinski definition) is 5. The number of phenolic OH excluding ortho intramolecular Hbond substituents is 1. The van der Waals surface area contributed by atoms with Crippen molar-refractivity contribution in [1.29, 1.82) is 5.26 Å². The Morgan fingerprint density at radius 3 is 2.83 bits per heavy atom. The fourth-order valence-electron chi connectivity index (χ4n) is 1.95. The highest BCUT2D eigenvalue weighted by Crippen LogP contribution is 2.24. The summed E-state index contributed by atoms with van der Waals surface area (Å²) in [5.41, 5.74) is 1.68. The van der Waals surface area contributed by atoms with Gasteiger partial charge in [-0.1, -0.05) is 27.5 Å². The molecule has 1 N–H and O–H groups in total. The van der Waals surface area contributed by atoms with E-state index in [2.05, 4.69) is 26.0 Å². The van der Waals surface area contributed by atoms with Crippen molar-refractivity contribution in [3.05, 3.63) is 50.6 Å². The Bertz CT molecular complexity index is 778. The maximum absolute atomic E-state index is 9.84. The van der Waals surface area contributed by atoms with Crippen molar-refractivity contribution in [2.75, 3.05) is 11.6 Å². The number of aryl methyl sites for hydroxylation is 1. The van der Waals surface area contributed by atoms with Gasteiger partial charge in [0.2, 0.25) is 0 Å². The van der Waals surface area contributed by atoms with Gasteiger partial charge >= 0.3 is 0 Å². The Hall–Kier alpha value is -2.10. The summed E-state index contributed by atoms with van der Waals surface area (Å²) in [7, 11) is 0. The van der Waals surface area contributed by atoms with E-state index in [1.54, 1.807) is 42.4 Å². The van der Waals surface area contributed by atoms with Crippen LogP contribution in [-0.4, -0.2) is 22.8 Å². The van der Waals surface area contributed by atoms with Crippen LogP contribution >= 0.6 is 27.5 Å². The fourth-order valence-corrected chi connectivity index (χ4v) is 2.60. The quantitative estimate of drug-likeness (QED) is 0.479. The van der Waals surface area contributed by atoms with E-state index in [-0.39, 0.29) is 10.9 Å². The largest absolute Gasteiger partial charge is 0.507 e. The first kappa shape index (κ1) is 17.3. The molecule has 1 heterocycles. The maximum atomic E-state index is 9.84. The number of nitrogens with zero attached hydrogens (tertiary/aromatic N) is 4. The van der Waals surface area contributed by atoms with Crippen LogP contribution in [0.3, 0.4) is 0 Å². The minimum absolute atomic E-state index is 0.134. The van der Waals surface area contributed by atoms with E-state index < -0.39 is 0 Å². The molecule has 0 saturated heterocycles. The van der Waals surface area contributed by atoms with Crippen LogP contribution in [0, 0.1) is 18.3 Å². The lowest BCUT2D eigenvalue weighted by molar-refractivity contribution is 0.474. The summed E-state index contributed by atoms with van der Waals surface area (Å²) in [4.78, 5) is 4.21. The van der Waals surface area contributed by atoms with Crippen molar-refractivity contribution in [3.63, 3.8) is 0 Å². The standard InChI is InChI=1S/C16H14BrClN4O/c1-3-22(15-6-10(2)13(8-19)16(18)21-15)20-9-11-7-12(17)4-5-14(11)23/h4-7,9,23H,3H2,1-2H3/b20-9-. The Morgan fingerprint density at radius 1 is 1.48 bits per heavy atom. The van der Waals surface area contributed by atoms with E-state index >= 15 is 0 Å². The molecule has 0 aliphatic rings. The highest BCUT2D eigenvalue weighted by atomic mass is 79.9. The first-order valence-electron chi connectivity index (χ1n) is 6.83. The Balaban J connectivity index is 2.36. The topological polar surface area (TPSA) is 72.5 Å². The van der Waals surface area contributed by atoms with Crippen LogP contribution in [0.4, 0.5) is 5.82 Å². The molecule has 0 aliphatic carbocycles. The van der Waals surface area contributed by atoms with Crippen molar-refractivity contribution >= 4 is 39.6 Å². The average Bonchev–Trinajstić information content (AvgIpc) is 2.51. The Morgan fingerprint density at radius 2 is 2.22 bits per heavy atom. The smallest absolute Gasteiger partial charge is 0.150 e. The first-order chi connectivity index (χ1) is 11.0. The summed E-state index contributed by atoms with van der Waals surface area (Å²) in [5, 5.41) is 25.0. The highest BCUT2D eigenvalue weighted by molar-refractivity contribution is 9.10. The predicted molar refractivity (Wildman–Crippen MR) is 95.1 cm³/mol. The monoisotopic (exact) mass is 392 g/mol. The molecule has 0 radical (unpaired) electrons. The van der Waals surface area contributed by atoms with E-state index in [4.69, 9.17) is 16.9 Å². The molecule has 23 heavy (non-hydrogen) atoms. The Kier molecular flexibility index (Phi) is 5.59. The minimum atomic E-state index is 0.134. The lowest BCUT2D eigenvalue weighted by Crippen LogP contribution is -2.17. The van der Waals surface area contributed by atoms with Crippen LogP contribution in [0.2, 0.25) is 5.15 Å². The normalized spacial score (nSPS) is 10.7. The number of nitriles is 1. The van der Waals surface area contributed by atoms with Gasteiger partial charge in [0.1, 0.15) is 17.0 Å². The number of phenols is 1. The lowest BCUT2D eigenvalue weighted by Gasteiger charge is -2.17. The molecule has 0 atom stereocenters. The molecule has 5 nitrogen and oxygen atoms in total. The molecular formula is C16H14BrClN4O. The van der Waals surface area contributed by atoms with Crippen LogP contribution in [0.15, 0.2) is 33.8 Å².